The van der Waals surface area contributed by atoms with Crippen molar-refractivity contribution in [3.05, 3.63) is 41.9 Å². The highest BCUT2D eigenvalue weighted by atomic mass is 19.4. The van der Waals surface area contributed by atoms with Gasteiger partial charge in [0.2, 0.25) is 5.91 Å². The number of aromatic nitrogens is 3. The van der Waals surface area contributed by atoms with Crippen LogP contribution >= 0.6 is 0 Å². The number of hydrogen-bond acceptors (Lipinski definition) is 6. The van der Waals surface area contributed by atoms with Gasteiger partial charge in [-0.3, -0.25) is 14.3 Å². The molecule has 15 heteroatoms. The predicted molar refractivity (Wildman–Crippen MR) is 143 cm³/mol. The van der Waals surface area contributed by atoms with Gasteiger partial charge in [-0.05, 0) is 69.2 Å². The summed E-state index contributed by atoms with van der Waals surface area (Å²) in [6.07, 6.45) is -1.46. The fraction of sp³-hybridized carbons (Fsp3) is 0.593. The molecule has 1 saturated carbocycles. The smallest absolute Gasteiger partial charge is 0.382 e. The highest BCUT2D eigenvalue weighted by molar-refractivity contribution is 6.00. The van der Waals surface area contributed by atoms with Gasteiger partial charge in [0, 0.05) is 25.5 Å². The number of nitrogens with one attached hydrogen (secondary N) is 3. The Kier molecular flexibility index (Phi) is 9.69. The highest BCUT2D eigenvalue weighted by Crippen LogP contribution is 2.32. The van der Waals surface area contributed by atoms with Crippen LogP contribution in [0.5, 0.6) is 0 Å². The maximum atomic E-state index is 13.9. The topological polar surface area (TPSA) is 130 Å². The monoisotopic (exact) mass is 597 g/mol. The minimum absolute atomic E-state index is 0.0660. The van der Waals surface area contributed by atoms with E-state index in [1.54, 1.807) is 6.07 Å². The highest BCUT2D eigenvalue weighted by Gasteiger charge is 2.48. The lowest BCUT2D eigenvalue weighted by atomic mass is 9.82. The molecule has 11 nitrogen and oxygen atoms in total. The van der Waals surface area contributed by atoms with Crippen LogP contribution in [-0.2, 0) is 9.53 Å². The SMILES string of the molecule is COC[C@H](c1ccnc(NC(=O)C(NC(=O)c2ccnn2C(C)C)C2CCC(F)CC2)c1)N1C[C@@H](C(F)(F)F)NC1=O. The van der Waals surface area contributed by atoms with Gasteiger partial charge in [-0.15, -0.1) is 0 Å². The predicted octanol–water partition coefficient (Wildman–Crippen LogP) is 3.77. The molecule has 0 aromatic carbocycles. The van der Waals surface area contributed by atoms with Gasteiger partial charge in [0.15, 0.2) is 0 Å². The van der Waals surface area contributed by atoms with E-state index in [1.807, 2.05) is 19.2 Å². The average molecular weight is 598 g/mol. The molecule has 2 aromatic rings. The van der Waals surface area contributed by atoms with E-state index in [1.165, 1.54) is 36.3 Å². The molecule has 1 aliphatic heterocycles. The van der Waals surface area contributed by atoms with E-state index in [0.29, 0.717) is 18.4 Å². The van der Waals surface area contributed by atoms with Gasteiger partial charge >= 0.3 is 12.2 Å². The first kappa shape index (κ1) is 31.2. The molecular formula is C27H35F4N7O4. The summed E-state index contributed by atoms with van der Waals surface area (Å²) in [5, 5.41) is 11.6. The summed E-state index contributed by atoms with van der Waals surface area (Å²) in [5.74, 6) is -1.36. The van der Waals surface area contributed by atoms with Gasteiger partial charge in [-0.1, -0.05) is 0 Å². The number of carbonyl (C=O) groups excluding carboxylic acids is 3. The van der Waals surface area contributed by atoms with Gasteiger partial charge in [0.1, 0.15) is 29.8 Å². The molecule has 4 amide bonds. The molecule has 0 spiro atoms. The van der Waals surface area contributed by atoms with Crippen LogP contribution in [0.1, 0.15) is 67.7 Å². The van der Waals surface area contributed by atoms with Crippen molar-refractivity contribution >= 4 is 23.7 Å². The van der Waals surface area contributed by atoms with E-state index in [4.69, 9.17) is 4.74 Å². The third-order valence-electron chi connectivity index (χ3n) is 7.59. The van der Waals surface area contributed by atoms with Crippen molar-refractivity contribution in [2.45, 2.75) is 76.0 Å². The lowest BCUT2D eigenvalue weighted by molar-refractivity contribution is -0.150. The number of methoxy groups -OCH3 is 1. The summed E-state index contributed by atoms with van der Waals surface area (Å²) < 4.78 is 60.5. The summed E-state index contributed by atoms with van der Waals surface area (Å²) >= 11 is 0. The maximum absolute atomic E-state index is 13.9. The molecule has 42 heavy (non-hydrogen) atoms. The van der Waals surface area contributed by atoms with E-state index in [-0.39, 0.29) is 42.9 Å². The Labute approximate surface area is 240 Å². The Bertz CT molecular complexity index is 1260. The molecule has 0 radical (unpaired) electrons. The van der Waals surface area contributed by atoms with Crippen molar-refractivity contribution in [2.75, 3.05) is 25.6 Å². The Morgan fingerprint density at radius 3 is 2.50 bits per heavy atom. The number of rotatable bonds is 10. The van der Waals surface area contributed by atoms with Gasteiger partial charge in [-0.25, -0.2) is 14.2 Å². The van der Waals surface area contributed by atoms with Crippen LogP contribution in [-0.4, -0.2) is 82.2 Å². The number of amides is 4. The fourth-order valence-corrected chi connectivity index (χ4v) is 5.39. The number of halogens is 4. The van der Waals surface area contributed by atoms with Crippen molar-refractivity contribution in [1.29, 1.82) is 0 Å². The van der Waals surface area contributed by atoms with Gasteiger partial charge in [0.25, 0.3) is 5.91 Å². The quantitative estimate of drug-likeness (QED) is 0.358. The third-order valence-corrected chi connectivity index (χ3v) is 7.59. The van der Waals surface area contributed by atoms with E-state index in [9.17, 15) is 31.9 Å². The Morgan fingerprint density at radius 2 is 1.88 bits per heavy atom. The maximum Gasteiger partial charge on any atom is 0.410 e. The average Bonchev–Trinajstić information content (AvgIpc) is 3.58. The van der Waals surface area contributed by atoms with Crippen LogP contribution < -0.4 is 16.0 Å². The number of carbonyl (C=O) groups is 3. The molecule has 3 atom stereocenters. The number of hydrogen-bond donors (Lipinski definition) is 3. The zero-order chi connectivity index (χ0) is 30.6. The van der Waals surface area contributed by atoms with E-state index >= 15 is 0 Å². The van der Waals surface area contributed by atoms with Crippen LogP contribution in [0.4, 0.5) is 28.2 Å². The van der Waals surface area contributed by atoms with Crippen LogP contribution in [0, 0.1) is 5.92 Å². The van der Waals surface area contributed by atoms with Gasteiger partial charge < -0.3 is 25.6 Å². The van der Waals surface area contributed by atoms with Crippen molar-refractivity contribution in [3.63, 3.8) is 0 Å². The molecule has 1 unspecified atom stereocenters. The summed E-state index contributed by atoms with van der Waals surface area (Å²) in [6, 6.07) is -0.434. The number of nitrogens with zero attached hydrogens (tertiary/aromatic N) is 4. The molecule has 2 fully saturated rings. The lowest BCUT2D eigenvalue weighted by Gasteiger charge is -2.31. The molecule has 230 valence electrons. The number of ether oxygens (including phenoxy) is 1. The standard InChI is InChI=1S/C27H35F4N7O4/c1-15(2)38-19(9-11-33-38)24(39)36-23(16-4-6-18(28)7-5-16)25(40)35-22-12-17(8-10-32-22)20(14-42-3)37-13-21(27(29,30)31)34-26(37)41/h8-12,15-16,18,20-21,23H,4-7,13-14H2,1-3H3,(H,34,41)(H,36,39)(H,32,35,40)/t16?,18?,20-,21+,23?/m1/s1. The second-order valence-electron chi connectivity index (χ2n) is 10.8. The minimum Gasteiger partial charge on any atom is -0.382 e. The molecule has 1 aliphatic carbocycles. The van der Waals surface area contributed by atoms with Gasteiger partial charge in [0.05, 0.1) is 19.2 Å². The minimum atomic E-state index is -4.62. The molecule has 2 aromatic heterocycles. The van der Waals surface area contributed by atoms with E-state index in [2.05, 4.69) is 20.7 Å². The lowest BCUT2D eigenvalue weighted by Crippen LogP contribution is -2.50. The first-order valence-electron chi connectivity index (χ1n) is 13.8. The summed E-state index contributed by atoms with van der Waals surface area (Å²) in [6.45, 7) is 3.00. The Balaban J connectivity index is 1.55. The number of urea groups is 1. The number of pyridine rings is 1. The third kappa shape index (κ3) is 7.17. The van der Waals surface area contributed by atoms with Crippen LogP contribution in [0.3, 0.4) is 0 Å². The van der Waals surface area contributed by atoms with Crippen LogP contribution in [0.2, 0.25) is 0 Å². The van der Waals surface area contributed by atoms with E-state index in [0.717, 1.165) is 4.90 Å². The molecule has 4 rings (SSSR count). The zero-order valence-corrected chi connectivity index (χ0v) is 23.5. The Morgan fingerprint density at radius 1 is 1.17 bits per heavy atom. The second kappa shape index (κ2) is 13.0. The zero-order valence-electron chi connectivity index (χ0n) is 23.5. The van der Waals surface area contributed by atoms with Crippen LogP contribution in [0.25, 0.3) is 0 Å². The molecule has 3 heterocycles. The molecular weight excluding hydrogens is 562 g/mol. The molecule has 0 bridgehead atoms. The summed E-state index contributed by atoms with van der Waals surface area (Å²) in [7, 11) is 1.36. The van der Waals surface area contributed by atoms with Crippen molar-refractivity contribution in [3.8, 4) is 0 Å². The first-order valence-corrected chi connectivity index (χ1v) is 13.8. The van der Waals surface area contributed by atoms with Crippen LogP contribution in [0.15, 0.2) is 30.6 Å². The summed E-state index contributed by atoms with van der Waals surface area (Å²) in [5.41, 5.74) is 0.657. The number of anilines is 1. The number of alkyl halides is 4. The van der Waals surface area contributed by atoms with Crippen molar-refractivity contribution in [2.24, 2.45) is 5.92 Å². The normalized spacial score (nSPS) is 22.5. The fourth-order valence-electron chi connectivity index (χ4n) is 5.39. The van der Waals surface area contributed by atoms with Crippen molar-refractivity contribution < 1.29 is 36.7 Å². The Hall–Kier alpha value is -3.75. The second-order valence-corrected chi connectivity index (χ2v) is 10.8. The van der Waals surface area contributed by atoms with Crippen molar-refractivity contribution in [1.82, 2.24) is 30.3 Å². The molecule has 2 aliphatic rings. The van der Waals surface area contributed by atoms with E-state index < -0.39 is 54.9 Å². The molecule has 1 saturated heterocycles. The summed E-state index contributed by atoms with van der Waals surface area (Å²) in [4.78, 5) is 44.4. The largest absolute Gasteiger partial charge is 0.410 e. The first-order chi connectivity index (χ1) is 19.9. The molecule has 3 N–H and O–H groups in total. The van der Waals surface area contributed by atoms with Gasteiger partial charge in [-0.2, -0.15) is 18.3 Å².